The van der Waals surface area contributed by atoms with E-state index in [1.165, 1.54) is 31.4 Å². The summed E-state index contributed by atoms with van der Waals surface area (Å²) in [6.07, 6.45) is 0. The van der Waals surface area contributed by atoms with Crippen molar-refractivity contribution in [2.45, 2.75) is 4.90 Å². The fourth-order valence-electron chi connectivity index (χ4n) is 2.55. The van der Waals surface area contributed by atoms with Crippen molar-refractivity contribution in [3.05, 3.63) is 48.3 Å². The molecule has 2 aromatic carbocycles. The van der Waals surface area contributed by atoms with Gasteiger partial charge in [-0.1, -0.05) is 17.3 Å². The van der Waals surface area contributed by atoms with Gasteiger partial charge in [0.05, 0.1) is 17.6 Å². The Balaban J connectivity index is 2.13. The first-order valence-electron chi connectivity index (χ1n) is 7.49. The summed E-state index contributed by atoms with van der Waals surface area (Å²) >= 11 is 0. The number of methoxy groups -OCH3 is 1. The summed E-state index contributed by atoms with van der Waals surface area (Å²) in [4.78, 5) is -0.0132. The Morgan fingerprint density at radius 3 is 2.35 bits per heavy atom. The lowest BCUT2D eigenvalue weighted by atomic mass is 10.0. The van der Waals surface area contributed by atoms with Crippen molar-refractivity contribution in [3.8, 4) is 28.1 Å². The van der Waals surface area contributed by atoms with Crippen LogP contribution in [0.2, 0.25) is 0 Å². The van der Waals surface area contributed by atoms with Crippen molar-refractivity contribution in [3.63, 3.8) is 0 Å². The minimum Gasteiger partial charge on any atom is -0.494 e. The molecule has 1 heterocycles. The lowest BCUT2D eigenvalue weighted by Gasteiger charge is -2.07. The molecule has 136 valence electrons. The molecule has 0 unspecified atom stereocenters. The Bertz CT molecular complexity index is 1050. The highest BCUT2D eigenvalue weighted by molar-refractivity contribution is 7.89. The van der Waals surface area contributed by atoms with E-state index in [0.29, 0.717) is 28.3 Å². The molecule has 0 aliphatic rings. The molecule has 0 spiro atoms. The zero-order chi connectivity index (χ0) is 18.9. The highest BCUT2D eigenvalue weighted by Gasteiger charge is 2.20. The number of nitrogens with one attached hydrogen (secondary N) is 1. The summed E-state index contributed by atoms with van der Waals surface area (Å²) in [5.74, 6) is -0.0562. The number of primary sulfonamides is 1. The summed E-state index contributed by atoms with van der Waals surface area (Å²) in [5.41, 5.74) is 2.09. The highest BCUT2D eigenvalue weighted by atomic mass is 32.2. The number of benzene rings is 2. The first-order chi connectivity index (χ1) is 12.3. The molecule has 3 aromatic rings. The third-order valence-corrected chi connectivity index (χ3v) is 4.75. The summed E-state index contributed by atoms with van der Waals surface area (Å²) in [5, 5.41) is 12.0. The smallest absolute Gasteiger partial charge is 0.238 e. The first kappa shape index (κ1) is 17.9. The van der Waals surface area contributed by atoms with Crippen LogP contribution in [-0.4, -0.2) is 27.7 Å². The van der Waals surface area contributed by atoms with Gasteiger partial charge >= 0.3 is 0 Å². The van der Waals surface area contributed by atoms with E-state index in [4.69, 9.17) is 14.4 Å². The van der Waals surface area contributed by atoms with E-state index in [1.54, 1.807) is 25.2 Å². The lowest BCUT2D eigenvalue weighted by Crippen LogP contribution is -2.11. The Morgan fingerprint density at radius 1 is 1.15 bits per heavy atom. The number of hydrogen-bond donors (Lipinski definition) is 2. The minimum atomic E-state index is -3.80. The van der Waals surface area contributed by atoms with Gasteiger partial charge in [-0.3, -0.25) is 0 Å². The van der Waals surface area contributed by atoms with Crippen LogP contribution in [0, 0.1) is 5.82 Å². The van der Waals surface area contributed by atoms with Gasteiger partial charge in [0.1, 0.15) is 5.69 Å². The highest BCUT2D eigenvalue weighted by Crippen LogP contribution is 2.38. The molecule has 3 N–H and O–H groups in total. The van der Waals surface area contributed by atoms with E-state index in [1.807, 2.05) is 0 Å². The van der Waals surface area contributed by atoms with Crippen LogP contribution in [0.15, 0.2) is 51.9 Å². The molecule has 0 bridgehead atoms. The van der Waals surface area contributed by atoms with Crippen molar-refractivity contribution < 1.29 is 22.1 Å². The topological polar surface area (TPSA) is 107 Å². The van der Waals surface area contributed by atoms with Crippen LogP contribution in [0.3, 0.4) is 0 Å². The van der Waals surface area contributed by atoms with E-state index >= 15 is 0 Å². The fraction of sp³-hybridized carbons (Fsp3) is 0.118. The van der Waals surface area contributed by atoms with Crippen LogP contribution < -0.4 is 15.2 Å². The molecule has 9 heteroatoms. The molecule has 0 saturated heterocycles. The second kappa shape index (κ2) is 6.77. The Morgan fingerprint density at radius 2 is 1.81 bits per heavy atom. The summed E-state index contributed by atoms with van der Waals surface area (Å²) in [6.45, 7) is 0. The van der Waals surface area contributed by atoms with Crippen molar-refractivity contribution in [2.75, 3.05) is 19.5 Å². The van der Waals surface area contributed by atoms with E-state index < -0.39 is 15.8 Å². The predicted molar refractivity (Wildman–Crippen MR) is 94.8 cm³/mol. The van der Waals surface area contributed by atoms with Crippen molar-refractivity contribution in [1.82, 2.24) is 5.16 Å². The Hall–Kier alpha value is -2.91. The minimum absolute atomic E-state index is 0.0132. The van der Waals surface area contributed by atoms with E-state index in [2.05, 4.69) is 10.5 Å². The molecule has 0 atom stereocenters. The molecule has 3 rings (SSSR count). The van der Waals surface area contributed by atoms with Crippen LogP contribution >= 0.6 is 0 Å². The van der Waals surface area contributed by atoms with Gasteiger partial charge in [-0.2, -0.15) is 0 Å². The maximum atomic E-state index is 14.1. The monoisotopic (exact) mass is 377 g/mol. The number of sulfonamides is 1. The molecular weight excluding hydrogens is 361 g/mol. The number of anilines is 1. The van der Waals surface area contributed by atoms with E-state index in [9.17, 15) is 12.8 Å². The van der Waals surface area contributed by atoms with Gasteiger partial charge in [-0.05, 0) is 35.9 Å². The number of ether oxygens (including phenoxy) is 1. The number of hydrogen-bond acceptors (Lipinski definition) is 6. The van der Waals surface area contributed by atoms with Gasteiger partial charge < -0.3 is 14.6 Å². The Labute approximate surface area is 149 Å². The fourth-order valence-corrected chi connectivity index (χ4v) is 3.07. The SMILES string of the molecule is CNc1onc(-c2ccc(OC)c(F)c2)c1-c1ccc(S(N)(=O)=O)cc1. The quantitative estimate of drug-likeness (QED) is 0.708. The maximum absolute atomic E-state index is 14.1. The standard InChI is InChI=1S/C17H16FN3O4S/c1-20-17-15(10-3-6-12(7-4-10)26(19,22)23)16(21-25-17)11-5-8-14(24-2)13(18)9-11/h3-9,20H,1-2H3,(H2,19,22,23). The normalized spacial score (nSPS) is 11.4. The van der Waals surface area contributed by atoms with Gasteiger partial charge in [0, 0.05) is 12.6 Å². The molecule has 0 aliphatic heterocycles. The van der Waals surface area contributed by atoms with Crippen LogP contribution in [0.25, 0.3) is 22.4 Å². The molecule has 0 saturated carbocycles. The third kappa shape index (κ3) is 3.26. The number of nitrogens with two attached hydrogens (primary N) is 1. The van der Waals surface area contributed by atoms with Crippen LogP contribution in [0.1, 0.15) is 0 Å². The molecule has 0 amide bonds. The van der Waals surface area contributed by atoms with Crippen molar-refractivity contribution in [1.29, 1.82) is 0 Å². The summed E-state index contributed by atoms with van der Waals surface area (Å²) < 4.78 is 47.1. The second-order valence-corrected chi connectivity index (χ2v) is 6.97. The summed E-state index contributed by atoms with van der Waals surface area (Å²) in [7, 11) is -0.763. The lowest BCUT2D eigenvalue weighted by molar-refractivity contribution is 0.386. The molecule has 0 aliphatic carbocycles. The van der Waals surface area contributed by atoms with Gasteiger partial charge in [-0.25, -0.2) is 17.9 Å². The number of halogens is 1. The van der Waals surface area contributed by atoms with Gasteiger partial charge in [0.15, 0.2) is 11.6 Å². The molecule has 1 aromatic heterocycles. The van der Waals surface area contributed by atoms with Crippen molar-refractivity contribution in [2.24, 2.45) is 5.14 Å². The number of nitrogens with zero attached hydrogens (tertiary/aromatic N) is 1. The van der Waals surface area contributed by atoms with Gasteiger partial charge in [0.25, 0.3) is 0 Å². The molecule has 26 heavy (non-hydrogen) atoms. The van der Waals surface area contributed by atoms with Gasteiger partial charge in [-0.15, -0.1) is 0 Å². The predicted octanol–water partition coefficient (Wildman–Crippen LogP) is 2.85. The molecule has 0 radical (unpaired) electrons. The maximum Gasteiger partial charge on any atom is 0.238 e. The summed E-state index contributed by atoms with van der Waals surface area (Å²) in [6, 6.07) is 10.4. The number of aromatic nitrogens is 1. The zero-order valence-corrected chi connectivity index (χ0v) is 14.8. The van der Waals surface area contributed by atoms with Gasteiger partial charge in [0.2, 0.25) is 15.9 Å². The second-order valence-electron chi connectivity index (χ2n) is 5.40. The molecule has 7 nitrogen and oxygen atoms in total. The molecular formula is C17H16FN3O4S. The van der Waals surface area contributed by atoms with Crippen LogP contribution in [0.5, 0.6) is 5.75 Å². The van der Waals surface area contributed by atoms with Crippen LogP contribution in [0.4, 0.5) is 10.3 Å². The first-order valence-corrected chi connectivity index (χ1v) is 9.04. The Kier molecular flexibility index (Phi) is 4.66. The number of rotatable bonds is 5. The largest absolute Gasteiger partial charge is 0.494 e. The third-order valence-electron chi connectivity index (χ3n) is 3.82. The zero-order valence-electron chi connectivity index (χ0n) is 14.0. The van der Waals surface area contributed by atoms with E-state index in [-0.39, 0.29) is 10.6 Å². The van der Waals surface area contributed by atoms with E-state index in [0.717, 1.165) is 0 Å². The van der Waals surface area contributed by atoms with Crippen LogP contribution in [-0.2, 0) is 10.0 Å². The molecule has 0 fully saturated rings. The average molecular weight is 377 g/mol. The van der Waals surface area contributed by atoms with Crippen molar-refractivity contribution >= 4 is 15.9 Å². The average Bonchev–Trinajstić information content (AvgIpc) is 3.05.